The van der Waals surface area contributed by atoms with Crippen molar-refractivity contribution in [1.29, 1.82) is 0 Å². The summed E-state index contributed by atoms with van der Waals surface area (Å²) in [6.07, 6.45) is 0. The van der Waals surface area contributed by atoms with E-state index in [-0.39, 0.29) is 11.5 Å². The molecule has 0 aromatic heterocycles. The standard InChI is InChI=1S/C20H12Cl2O2/c21-13-3-5-15-11(9-13)1-7-17(23)19(15)20-16-6-4-14(22)10-12(16)2-8-18(20)24/h1-10,23-24H. The summed E-state index contributed by atoms with van der Waals surface area (Å²) in [6.45, 7) is 0. The van der Waals surface area contributed by atoms with Crippen LogP contribution in [0.5, 0.6) is 11.5 Å². The van der Waals surface area contributed by atoms with Crippen LogP contribution in [0, 0.1) is 0 Å². The van der Waals surface area contributed by atoms with E-state index >= 15 is 0 Å². The first-order valence-corrected chi connectivity index (χ1v) is 8.13. The molecule has 0 saturated carbocycles. The monoisotopic (exact) mass is 354 g/mol. The molecule has 0 fully saturated rings. The average Bonchev–Trinajstić information content (AvgIpc) is 2.56. The van der Waals surface area contributed by atoms with Gasteiger partial charge in [-0.25, -0.2) is 0 Å². The maximum Gasteiger partial charge on any atom is 0.124 e. The fraction of sp³-hybridized carbons (Fsp3) is 0. The van der Waals surface area contributed by atoms with Gasteiger partial charge in [0.25, 0.3) is 0 Å². The van der Waals surface area contributed by atoms with Crippen molar-refractivity contribution in [2.24, 2.45) is 0 Å². The first kappa shape index (κ1) is 15.1. The van der Waals surface area contributed by atoms with E-state index < -0.39 is 0 Å². The summed E-state index contributed by atoms with van der Waals surface area (Å²) in [5.74, 6) is 0.199. The van der Waals surface area contributed by atoms with Crippen molar-refractivity contribution >= 4 is 44.7 Å². The van der Waals surface area contributed by atoms with Gasteiger partial charge < -0.3 is 10.2 Å². The van der Waals surface area contributed by atoms with Crippen molar-refractivity contribution in [2.75, 3.05) is 0 Å². The van der Waals surface area contributed by atoms with Gasteiger partial charge in [0, 0.05) is 21.2 Å². The van der Waals surface area contributed by atoms with E-state index in [0.717, 1.165) is 21.5 Å². The molecular formula is C20H12Cl2O2. The Morgan fingerprint density at radius 1 is 0.542 bits per heavy atom. The van der Waals surface area contributed by atoms with Gasteiger partial charge in [-0.15, -0.1) is 0 Å². The lowest BCUT2D eigenvalue weighted by Gasteiger charge is -2.14. The zero-order valence-electron chi connectivity index (χ0n) is 12.4. The lowest BCUT2D eigenvalue weighted by atomic mass is 9.92. The van der Waals surface area contributed by atoms with Crippen molar-refractivity contribution in [1.82, 2.24) is 0 Å². The number of hydrogen-bond donors (Lipinski definition) is 2. The number of phenols is 2. The summed E-state index contributed by atoms with van der Waals surface area (Å²) >= 11 is 12.1. The number of aromatic hydroxyl groups is 2. The zero-order chi connectivity index (χ0) is 16.8. The minimum atomic E-state index is 0.0996. The van der Waals surface area contributed by atoms with E-state index in [1.54, 1.807) is 36.4 Å². The van der Waals surface area contributed by atoms with Gasteiger partial charge >= 0.3 is 0 Å². The molecule has 0 atom stereocenters. The largest absolute Gasteiger partial charge is 0.507 e. The maximum atomic E-state index is 10.5. The highest BCUT2D eigenvalue weighted by atomic mass is 35.5. The van der Waals surface area contributed by atoms with Crippen molar-refractivity contribution in [2.45, 2.75) is 0 Å². The Morgan fingerprint density at radius 3 is 1.38 bits per heavy atom. The Morgan fingerprint density at radius 2 is 0.958 bits per heavy atom. The first-order valence-electron chi connectivity index (χ1n) is 7.37. The summed E-state index contributed by atoms with van der Waals surface area (Å²) in [6, 6.07) is 17.7. The number of benzene rings is 4. The number of rotatable bonds is 1. The Labute approximate surface area is 148 Å². The Kier molecular flexibility index (Phi) is 3.52. The molecule has 4 rings (SSSR count). The third-order valence-corrected chi connectivity index (χ3v) is 4.64. The lowest BCUT2D eigenvalue weighted by molar-refractivity contribution is 0.470. The molecule has 4 aromatic carbocycles. The molecule has 4 heteroatoms. The highest BCUT2D eigenvalue weighted by Gasteiger charge is 2.16. The van der Waals surface area contributed by atoms with Gasteiger partial charge in [0.15, 0.2) is 0 Å². The predicted octanol–water partition coefficient (Wildman–Crippen LogP) is 6.38. The molecule has 0 spiro atoms. The Bertz CT molecular complexity index is 1010. The fourth-order valence-electron chi connectivity index (χ4n) is 3.10. The molecule has 0 heterocycles. The topological polar surface area (TPSA) is 40.5 Å². The molecule has 24 heavy (non-hydrogen) atoms. The van der Waals surface area contributed by atoms with Crippen LogP contribution in [0.4, 0.5) is 0 Å². The van der Waals surface area contributed by atoms with E-state index in [0.29, 0.717) is 21.2 Å². The minimum Gasteiger partial charge on any atom is -0.507 e. The zero-order valence-corrected chi connectivity index (χ0v) is 13.9. The second-order valence-corrected chi connectivity index (χ2v) is 6.52. The molecule has 4 aromatic rings. The third-order valence-electron chi connectivity index (χ3n) is 4.17. The van der Waals surface area contributed by atoms with Crippen LogP contribution < -0.4 is 0 Å². The highest BCUT2D eigenvalue weighted by molar-refractivity contribution is 6.32. The Hall–Kier alpha value is -2.42. The predicted molar refractivity (Wildman–Crippen MR) is 100 cm³/mol. The van der Waals surface area contributed by atoms with Gasteiger partial charge in [-0.2, -0.15) is 0 Å². The van der Waals surface area contributed by atoms with Gasteiger partial charge in [-0.1, -0.05) is 47.5 Å². The van der Waals surface area contributed by atoms with Crippen molar-refractivity contribution < 1.29 is 10.2 Å². The van der Waals surface area contributed by atoms with Crippen molar-refractivity contribution in [3.05, 3.63) is 70.7 Å². The molecule has 0 aliphatic heterocycles. The second-order valence-electron chi connectivity index (χ2n) is 5.65. The van der Waals surface area contributed by atoms with Crippen LogP contribution in [0.15, 0.2) is 60.7 Å². The van der Waals surface area contributed by atoms with E-state index in [1.807, 2.05) is 24.3 Å². The average molecular weight is 355 g/mol. The molecular weight excluding hydrogens is 343 g/mol. The SMILES string of the molecule is Oc1ccc2cc(Cl)ccc2c1-c1c(O)ccc2cc(Cl)ccc12. The first-order chi connectivity index (χ1) is 11.5. The quantitative estimate of drug-likeness (QED) is 0.416. The molecule has 2 nitrogen and oxygen atoms in total. The summed E-state index contributed by atoms with van der Waals surface area (Å²) in [5, 5.41) is 25.6. The van der Waals surface area contributed by atoms with Crippen molar-refractivity contribution in [3.63, 3.8) is 0 Å². The summed E-state index contributed by atoms with van der Waals surface area (Å²) in [4.78, 5) is 0. The van der Waals surface area contributed by atoms with E-state index in [1.165, 1.54) is 0 Å². The molecule has 2 N–H and O–H groups in total. The molecule has 0 amide bonds. The van der Waals surface area contributed by atoms with Crippen LogP contribution in [0.3, 0.4) is 0 Å². The van der Waals surface area contributed by atoms with Crippen LogP contribution in [0.25, 0.3) is 32.7 Å². The fourth-order valence-corrected chi connectivity index (χ4v) is 3.46. The maximum absolute atomic E-state index is 10.5. The van der Waals surface area contributed by atoms with E-state index in [9.17, 15) is 10.2 Å². The normalized spacial score (nSPS) is 11.2. The van der Waals surface area contributed by atoms with Gasteiger partial charge in [-0.3, -0.25) is 0 Å². The van der Waals surface area contributed by atoms with Gasteiger partial charge in [-0.05, 0) is 57.9 Å². The van der Waals surface area contributed by atoms with Crippen molar-refractivity contribution in [3.8, 4) is 22.6 Å². The van der Waals surface area contributed by atoms with E-state index in [4.69, 9.17) is 23.2 Å². The van der Waals surface area contributed by atoms with Crippen LogP contribution in [0.2, 0.25) is 10.0 Å². The smallest absolute Gasteiger partial charge is 0.124 e. The van der Waals surface area contributed by atoms with Crippen LogP contribution in [-0.4, -0.2) is 10.2 Å². The number of hydrogen-bond acceptors (Lipinski definition) is 2. The number of halogens is 2. The summed E-state index contributed by atoms with van der Waals surface area (Å²) < 4.78 is 0. The van der Waals surface area contributed by atoms with Gasteiger partial charge in [0.05, 0.1) is 0 Å². The third kappa shape index (κ3) is 2.35. The van der Waals surface area contributed by atoms with Crippen LogP contribution >= 0.6 is 23.2 Å². The minimum absolute atomic E-state index is 0.0996. The molecule has 118 valence electrons. The lowest BCUT2D eigenvalue weighted by Crippen LogP contribution is -1.87. The van der Waals surface area contributed by atoms with Crippen LogP contribution in [0.1, 0.15) is 0 Å². The number of phenolic OH excluding ortho intramolecular Hbond substituents is 2. The molecule has 0 bridgehead atoms. The highest BCUT2D eigenvalue weighted by Crippen LogP contribution is 2.45. The molecule has 0 unspecified atom stereocenters. The summed E-state index contributed by atoms with van der Waals surface area (Å²) in [7, 11) is 0. The van der Waals surface area contributed by atoms with E-state index in [2.05, 4.69) is 0 Å². The summed E-state index contributed by atoms with van der Waals surface area (Å²) in [5.41, 5.74) is 1.16. The van der Waals surface area contributed by atoms with Crippen LogP contribution in [-0.2, 0) is 0 Å². The Balaban J connectivity index is 2.17. The van der Waals surface area contributed by atoms with Gasteiger partial charge in [0.2, 0.25) is 0 Å². The second kappa shape index (κ2) is 5.59. The number of fused-ring (bicyclic) bond motifs is 2. The molecule has 0 radical (unpaired) electrons. The molecule has 0 saturated heterocycles. The molecule has 0 aliphatic rings. The van der Waals surface area contributed by atoms with Gasteiger partial charge in [0.1, 0.15) is 11.5 Å². The molecule has 0 aliphatic carbocycles.